The van der Waals surface area contributed by atoms with E-state index in [2.05, 4.69) is 15.4 Å². The van der Waals surface area contributed by atoms with Crippen molar-refractivity contribution in [2.45, 2.75) is 38.8 Å². The van der Waals surface area contributed by atoms with E-state index in [0.717, 1.165) is 19.4 Å². The van der Waals surface area contributed by atoms with E-state index in [0.29, 0.717) is 12.6 Å². The van der Waals surface area contributed by atoms with Gasteiger partial charge in [-0.2, -0.15) is 0 Å². The maximum absolute atomic E-state index is 11.6. The zero-order valence-corrected chi connectivity index (χ0v) is 13.0. The van der Waals surface area contributed by atoms with E-state index in [4.69, 9.17) is 4.74 Å². The topological polar surface area (TPSA) is 96.5 Å². The van der Waals surface area contributed by atoms with Gasteiger partial charge in [0, 0.05) is 12.6 Å². The van der Waals surface area contributed by atoms with Gasteiger partial charge in [0.15, 0.2) is 0 Å². The van der Waals surface area contributed by atoms with E-state index in [1.165, 1.54) is 0 Å². The molecule has 0 saturated carbocycles. The molecule has 8 heteroatoms. The fourth-order valence-corrected chi connectivity index (χ4v) is 2.68. The summed E-state index contributed by atoms with van der Waals surface area (Å²) in [6, 6.07) is 0.301. The summed E-state index contributed by atoms with van der Waals surface area (Å²) in [6.45, 7) is 5.09. The smallest absolute Gasteiger partial charge is 0.235 e. The van der Waals surface area contributed by atoms with E-state index in [1.807, 2.05) is 13.8 Å². The highest BCUT2D eigenvalue weighted by Crippen LogP contribution is 2.02. The van der Waals surface area contributed by atoms with Gasteiger partial charge in [0.2, 0.25) is 15.9 Å². The SMILES string of the molecule is CC(C)OCCS(=O)(=O)NCC(=O)NCC1CCCN1. The van der Waals surface area contributed by atoms with E-state index in [-0.39, 0.29) is 30.9 Å². The van der Waals surface area contributed by atoms with E-state index in [1.54, 1.807) is 0 Å². The van der Waals surface area contributed by atoms with Gasteiger partial charge in [-0.15, -0.1) is 0 Å². The molecule has 1 saturated heterocycles. The number of sulfonamides is 1. The summed E-state index contributed by atoms with van der Waals surface area (Å²) in [5, 5.41) is 5.96. The normalized spacial score (nSPS) is 19.4. The first kappa shape index (κ1) is 17.4. The monoisotopic (exact) mass is 307 g/mol. The third kappa shape index (κ3) is 7.78. The molecular weight excluding hydrogens is 282 g/mol. The average Bonchev–Trinajstić information content (AvgIpc) is 2.86. The Morgan fingerprint density at radius 2 is 2.20 bits per heavy atom. The van der Waals surface area contributed by atoms with Crippen molar-refractivity contribution in [3.05, 3.63) is 0 Å². The highest BCUT2D eigenvalue weighted by atomic mass is 32.2. The molecule has 0 radical (unpaired) electrons. The quantitative estimate of drug-likeness (QED) is 0.518. The predicted octanol–water partition coefficient (Wildman–Crippen LogP) is -0.801. The molecule has 7 nitrogen and oxygen atoms in total. The van der Waals surface area contributed by atoms with Gasteiger partial charge in [-0.05, 0) is 33.2 Å². The summed E-state index contributed by atoms with van der Waals surface area (Å²) in [6.07, 6.45) is 2.15. The molecule has 0 aromatic heterocycles. The Bertz CT molecular complexity index is 392. The first-order valence-electron chi connectivity index (χ1n) is 6.98. The van der Waals surface area contributed by atoms with Gasteiger partial charge in [-0.25, -0.2) is 13.1 Å². The highest BCUT2D eigenvalue weighted by molar-refractivity contribution is 7.89. The van der Waals surface area contributed by atoms with Crippen molar-refractivity contribution in [3.8, 4) is 0 Å². The second-order valence-corrected chi connectivity index (χ2v) is 7.08. The molecule has 1 aliphatic heterocycles. The minimum atomic E-state index is -3.46. The maximum atomic E-state index is 11.6. The number of nitrogens with one attached hydrogen (secondary N) is 3. The molecule has 20 heavy (non-hydrogen) atoms. The van der Waals surface area contributed by atoms with Crippen LogP contribution in [0.25, 0.3) is 0 Å². The van der Waals surface area contributed by atoms with Gasteiger partial charge in [0.25, 0.3) is 0 Å². The van der Waals surface area contributed by atoms with Crippen LogP contribution in [0.15, 0.2) is 0 Å². The van der Waals surface area contributed by atoms with Crippen molar-refractivity contribution < 1.29 is 17.9 Å². The Hall–Kier alpha value is -0.700. The average molecular weight is 307 g/mol. The fraction of sp³-hybridized carbons (Fsp3) is 0.917. The molecule has 3 N–H and O–H groups in total. The first-order valence-corrected chi connectivity index (χ1v) is 8.63. The molecule has 0 aromatic carbocycles. The third-order valence-electron chi connectivity index (χ3n) is 2.96. The zero-order chi connectivity index (χ0) is 15.0. The lowest BCUT2D eigenvalue weighted by molar-refractivity contribution is -0.120. The summed E-state index contributed by atoms with van der Waals surface area (Å²) in [4.78, 5) is 11.5. The zero-order valence-electron chi connectivity index (χ0n) is 12.1. The van der Waals surface area contributed by atoms with Crippen LogP contribution in [0.3, 0.4) is 0 Å². The van der Waals surface area contributed by atoms with Crippen LogP contribution in [0.5, 0.6) is 0 Å². The lowest BCUT2D eigenvalue weighted by Crippen LogP contribution is -2.42. The lowest BCUT2D eigenvalue weighted by Gasteiger charge is -2.12. The summed E-state index contributed by atoms with van der Waals surface area (Å²) >= 11 is 0. The third-order valence-corrected chi connectivity index (χ3v) is 4.25. The molecule has 118 valence electrons. The number of amides is 1. The van der Waals surface area contributed by atoms with Crippen LogP contribution in [0.2, 0.25) is 0 Å². The standard InChI is InChI=1S/C12H25N3O4S/c1-10(2)19-6-7-20(17,18)15-9-12(16)14-8-11-4-3-5-13-11/h10-11,13,15H,3-9H2,1-2H3,(H,14,16). The van der Waals surface area contributed by atoms with Crippen molar-refractivity contribution in [2.24, 2.45) is 0 Å². The Kier molecular flexibility index (Phi) is 7.42. The molecule has 0 aliphatic carbocycles. The highest BCUT2D eigenvalue weighted by Gasteiger charge is 2.16. The van der Waals surface area contributed by atoms with Gasteiger partial charge < -0.3 is 15.4 Å². The van der Waals surface area contributed by atoms with Gasteiger partial charge in [-0.1, -0.05) is 0 Å². The second-order valence-electron chi connectivity index (χ2n) is 5.16. The van der Waals surface area contributed by atoms with E-state index >= 15 is 0 Å². The maximum Gasteiger partial charge on any atom is 0.235 e. The largest absolute Gasteiger partial charge is 0.378 e. The lowest BCUT2D eigenvalue weighted by atomic mass is 10.2. The van der Waals surface area contributed by atoms with Crippen LogP contribution in [0.4, 0.5) is 0 Å². The summed E-state index contributed by atoms with van der Waals surface area (Å²) in [7, 11) is -3.46. The van der Waals surface area contributed by atoms with E-state index in [9.17, 15) is 13.2 Å². The number of hydrogen-bond donors (Lipinski definition) is 3. The summed E-state index contributed by atoms with van der Waals surface area (Å²) < 4.78 is 30.6. The van der Waals surface area contributed by atoms with Crippen molar-refractivity contribution in [1.82, 2.24) is 15.4 Å². The number of hydrogen-bond acceptors (Lipinski definition) is 5. The Balaban J connectivity index is 2.14. The number of carbonyl (C=O) groups is 1. The minimum absolute atomic E-state index is 0.00703. The van der Waals surface area contributed by atoms with Gasteiger partial charge >= 0.3 is 0 Å². The number of rotatable bonds is 9. The second kappa shape index (κ2) is 8.56. The Labute approximate surface area is 120 Å². The molecular formula is C12H25N3O4S. The molecule has 1 atom stereocenters. The van der Waals surface area contributed by atoms with Crippen molar-refractivity contribution in [1.29, 1.82) is 0 Å². The molecule has 1 amide bonds. The van der Waals surface area contributed by atoms with E-state index < -0.39 is 10.0 Å². The fourth-order valence-electron chi connectivity index (χ4n) is 1.87. The first-order chi connectivity index (χ1) is 9.39. The molecule has 1 heterocycles. The van der Waals surface area contributed by atoms with Crippen LogP contribution in [0, 0.1) is 0 Å². The Morgan fingerprint density at radius 3 is 2.80 bits per heavy atom. The molecule has 1 fully saturated rings. The van der Waals surface area contributed by atoms with Crippen LogP contribution in [0.1, 0.15) is 26.7 Å². The van der Waals surface area contributed by atoms with Crippen LogP contribution < -0.4 is 15.4 Å². The Morgan fingerprint density at radius 1 is 1.45 bits per heavy atom. The predicted molar refractivity (Wildman–Crippen MR) is 76.9 cm³/mol. The molecule has 1 aliphatic rings. The summed E-state index contributed by atoms with van der Waals surface area (Å²) in [5.74, 6) is -0.449. The van der Waals surface area contributed by atoms with Crippen LogP contribution in [-0.4, -0.2) is 58.5 Å². The van der Waals surface area contributed by atoms with Crippen LogP contribution in [-0.2, 0) is 19.6 Å². The van der Waals surface area contributed by atoms with Crippen molar-refractivity contribution >= 4 is 15.9 Å². The molecule has 0 bridgehead atoms. The molecule has 1 rings (SSSR count). The number of carbonyl (C=O) groups excluding carboxylic acids is 1. The molecule has 1 unspecified atom stereocenters. The molecule has 0 aromatic rings. The molecule has 0 spiro atoms. The van der Waals surface area contributed by atoms with Crippen LogP contribution >= 0.6 is 0 Å². The van der Waals surface area contributed by atoms with Crippen molar-refractivity contribution in [3.63, 3.8) is 0 Å². The van der Waals surface area contributed by atoms with Gasteiger partial charge in [-0.3, -0.25) is 4.79 Å². The summed E-state index contributed by atoms with van der Waals surface area (Å²) in [5.41, 5.74) is 0. The number of ether oxygens (including phenoxy) is 1. The van der Waals surface area contributed by atoms with Crippen molar-refractivity contribution in [2.75, 3.05) is 32.0 Å². The minimum Gasteiger partial charge on any atom is -0.378 e. The van der Waals surface area contributed by atoms with Gasteiger partial charge in [0.1, 0.15) is 0 Å². The van der Waals surface area contributed by atoms with Gasteiger partial charge in [0.05, 0.1) is 25.0 Å².